The molecule has 0 aromatic carbocycles. The predicted molar refractivity (Wildman–Crippen MR) is 47.3 cm³/mol. The molecule has 0 rings (SSSR count). The van der Waals surface area contributed by atoms with Crippen molar-refractivity contribution in [2.75, 3.05) is 6.61 Å². The smallest absolute Gasteiger partial charge is 0.243 e. The van der Waals surface area contributed by atoms with Gasteiger partial charge in [0.25, 0.3) is 0 Å². The second-order valence-electron chi connectivity index (χ2n) is 2.69. The number of hydrogen-bond donors (Lipinski definition) is 2. The Labute approximate surface area is 82.2 Å². The second-order valence-corrected chi connectivity index (χ2v) is 2.69. The molecule has 0 saturated heterocycles. The molecule has 0 aromatic heterocycles. The first-order chi connectivity index (χ1) is 6.61. The Hall–Kier alpha value is -1.61. The van der Waals surface area contributed by atoms with E-state index >= 15 is 0 Å². The molecule has 78 valence electrons. The van der Waals surface area contributed by atoms with E-state index in [1.54, 1.807) is 13.8 Å². The van der Waals surface area contributed by atoms with Gasteiger partial charge < -0.3 is 0 Å². The van der Waals surface area contributed by atoms with E-state index in [4.69, 9.17) is 10.1 Å². The van der Waals surface area contributed by atoms with Crippen LogP contribution in [0.25, 0.3) is 0 Å². The molecule has 1 atom stereocenters. The molecule has 0 bridgehead atoms. The summed E-state index contributed by atoms with van der Waals surface area (Å²) in [5, 5.41) is 10.1. The highest BCUT2D eigenvalue weighted by Gasteiger charge is 2.12. The van der Waals surface area contributed by atoms with Gasteiger partial charge in [-0.15, -0.1) is 0 Å². The van der Waals surface area contributed by atoms with Crippen molar-refractivity contribution < 1.29 is 14.4 Å². The van der Waals surface area contributed by atoms with Gasteiger partial charge in [-0.3, -0.25) is 19.7 Å². The SMILES string of the molecule is CCC(=O)NOCC(C)C(=O)NC#N. The van der Waals surface area contributed by atoms with Crippen molar-refractivity contribution in [2.45, 2.75) is 20.3 Å². The Morgan fingerprint density at radius 2 is 2.21 bits per heavy atom. The van der Waals surface area contributed by atoms with Crippen LogP contribution >= 0.6 is 0 Å². The zero-order valence-corrected chi connectivity index (χ0v) is 8.16. The quantitative estimate of drug-likeness (QED) is 0.360. The standard InChI is InChI=1S/C8H13N3O3/c1-3-7(12)11-14-4-6(2)8(13)10-5-9/h6H,3-4H2,1-2H3,(H,10,13)(H,11,12). The van der Waals surface area contributed by atoms with Crippen LogP contribution in [0.15, 0.2) is 0 Å². The van der Waals surface area contributed by atoms with Crippen LogP contribution in [0, 0.1) is 17.4 Å². The summed E-state index contributed by atoms with van der Waals surface area (Å²) in [7, 11) is 0. The number of rotatable bonds is 5. The highest BCUT2D eigenvalue weighted by Crippen LogP contribution is 1.94. The Balaban J connectivity index is 3.64. The Morgan fingerprint density at radius 1 is 1.57 bits per heavy atom. The maximum Gasteiger partial charge on any atom is 0.243 e. The Bertz CT molecular complexity index is 247. The average molecular weight is 199 g/mol. The molecule has 0 radical (unpaired) electrons. The minimum absolute atomic E-state index is 0.0409. The molecule has 6 nitrogen and oxygen atoms in total. The van der Waals surface area contributed by atoms with Gasteiger partial charge in [0.05, 0.1) is 12.5 Å². The lowest BCUT2D eigenvalue weighted by atomic mass is 10.2. The van der Waals surface area contributed by atoms with Crippen molar-refractivity contribution in [1.82, 2.24) is 10.8 Å². The first kappa shape index (κ1) is 12.4. The molecule has 0 spiro atoms. The first-order valence-electron chi connectivity index (χ1n) is 4.21. The van der Waals surface area contributed by atoms with Crippen LogP contribution in [0.3, 0.4) is 0 Å². The summed E-state index contributed by atoms with van der Waals surface area (Å²) in [4.78, 5) is 26.4. The van der Waals surface area contributed by atoms with Crippen LogP contribution in [0.2, 0.25) is 0 Å². The van der Waals surface area contributed by atoms with Crippen molar-refractivity contribution in [2.24, 2.45) is 5.92 Å². The molecule has 0 heterocycles. The highest BCUT2D eigenvalue weighted by molar-refractivity contribution is 5.79. The fourth-order valence-corrected chi connectivity index (χ4v) is 0.573. The summed E-state index contributed by atoms with van der Waals surface area (Å²) in [5.41, 5.74) is 2.16. The van der Waals surface area contributed by atoms with E-state index in [0.717, 1.165) is 0 Å². The van der Waals surface area contributed by atoms with Gasteiger partial charge in [-0.2, -0.15) is 5.26 Å². The molecule has 14 heavy (non-hydrogen) atoms. The third-order valence-electron chi connectivity index (χ3n) is 1.47. The van der Waals surface area contributed by atoms with Crippen LogP contribution in [0.5, 0.6) is 0 Å². The van der Waals surface area contributed by atoms with Crippen LogP contribution in [0.1, 0.15) is 20.3 Å². The molecule has 1 unspecified atom stereocenters. The number of carbonyl (C=O) groups is 2. The summed E-state index contributed by atoms with van der Waals surface area (Å²) in [6.45, 7) is 3.31. The van der Waals surface area contributed by atoms with Gasteiger partial charge in [-0.25, -0.2) is 5.48 Å². The van der Waals surface area contributed by atoms with Crippen molar-refractivity contribution in [1.29, 1.82) is 5.26 Å². The van der Waals surface area contributed by atoms with Gasteiger partial charge in [0.15, 0.2) is 6.19 Å². The fourth-order valence-electron chi connectivity index (χ4n) is 0.573. The van der Waals surface area contributed by atoms with Gasteiger partial charge in [0, 0.05) is 6.42 Å². The fraction of sp³-hybridized carbons (Fsp3) is 0.625. The minimum atomic E-state index is -0.480. The van der Waals surface area contributed by atoms with E-state index in [1.807, 2.05) is 5.32 Å². The monoisotopic (exact) mass is 199 g/mol. The molecule has 2 amide bonds. The van der Waals surface area contributed by atoms with E-state index in [2.05, 4.69) is 5.48 Å². The summed E-state index contributed by atoms with van der Waals surface area (Å²) in [5.74, 6) is -1.16. The van der Waals surface area contributed by atoms with Crippen molar-refractivity contribution >= 4 is 11.8 Å². The van der Waals surface area contributed by atoms with Crippen molar-refractivity contribution in [3.05, 3.63) is 0 Å². The molecular formula is C8H13N3O3. The molecule has 2 N–H and O–H groups in total. The topological polar surface area (TPSA) is 91.2 Å². The molecule has 0 aliphatic heterocycles. The summed E-state index contributed by atoms with van der Waals surface area (Å²) in [6, 6.07) is 0. The summed E-state index contributed by atoms with van der Waals surface area (Å²) < 4.78 is 0. The third-order valence-corrected chi connectivity index (χ3v) is 1.47. The normalized spacial score (nSPS) is 11.2. The lowest BCUT2D eigenvalue weighted by Gasteiger charge is -2.09. The second kappa shape index (κ2) is 6.86. The zero-order chi connectivity index (χ0) is 11.0. The third kappa shape index (κ3) is 5.11. The number of nitrogens with zero attached hydrogens (tertiary/aromatic N) is 1. The predicted octanol–water partition coefficient (Wildman–Crippen LogP) is -0.322. The van der Waals surface area contributed by atoms with Gasteiger partial charge in [0.1, 0.15) is 0 Å². The van der Waals surface area contributed by atoms with Crippen molar-refractivity contribution in [3.63, 3.8) is 0 Å². The summed E-state index contributed by atoms with van der Waals surface area (Å²) >= 11 is 0. The molecule has 0 saturated carbocycles. The van der Waals surface area contributed by atoms with E-state index in [9.17, 15) is 9.59 Å². The van der Waals surface area contributed by atoms with Crippen LogP contribution in [0.4, 0.5) is 0 Å². The number of nitrogens with one attached hydrogen (secondary N) is 2. The van der Waals surface area contributed by atoms with E-state index < -0.39 is 11.8 Å². The lowest BCUT2D eigenvalue weighted by Crippen LogP contribution is -2.32. The van der Waals surface area contributed by atoms with E-state index in [-0.39, 0.29) is 12.5 Å². The molecule has 0 aliphatic rings. The number of amides is 2. The molecular weight excluding hydrogens is 186 g/mol. The Morgan fingerprint density at radius 3 is 2.71 bits per heavy atom. The molecule has 0 aliphatic carbocycles. The maximum atomic E-state index is 11.0. The number of nitriles is 1. The van der Waals surface area contributed by atoms with Crippen LogP contribution < -0.4 is 10.8 Å². The van der Waals surface area contributed by atoms with E-state index in [1.165, 1.54) is 6.19 Å². The number of carbonyl (C=O) groups excluding carboxylic acids is 2. The first-order valence-corrected chi connectivity index (χ1v) is 4.21. The zero-order valence-electron chi connectivity index (χ0n) is 8.16. The van der Waals surface area contributed by atoms with Gasteiger partial charge in [-0.1, -0.05) is 13.8 Å². The molecule has 0 aromatic rings. The lowest BCUT2D eigenvalue weighted by molar-refractivity contribution is -0.137. The van der Waals surface area contributed by atoms with Gasteiger partial charge >= 0.3 is 0 Å². The molecule has 0 fully saturated rings. The van der Waals surface area contributed by atoms with Gasteiger partial charge in [0.2, 0.25) is 11.8 Å². The van der Waals surface area contributed by atoms with Crippen molar-refractivity contribution in [3.8, 4) is 6.19 Å². The maximum absolute atomic E-state index is 11.0. The largest absolute Gasteiger partial charge is 0.274 e. The molecule has 6 heteroatoms. The number of hydrogen-bond acceptors (Lipinski definition) is 4. The minimum Gasteiger partial charge on any atom is -0.274 e. The average Bonchev–Trinajstić information content (AvgIpc) is 2.17. The number of hydroxylamine groups is 1. The highest BCUT2D eigenvalue weighted by atomic mass is 16.7. The Kier molecular flexibility index (Phi) is 6.07. The van der Waals surface area contributed by atoms with Crippen LogP contribution in [-0.4, -0.2) is 18.4 Å². The van der Waals surface area contributed by atoms with Crippen LogP contribution in [-0.2, 0) is 14.4 Å². The van der Waals surface area contributed by atoms with E-state index in [0.29, 0.717) is 6.42 Å². The summed E-state index contributed by atoms with van der Waals surface area (Å²) in [6.07, 6.45) is 1.83. The van der Waals surface area contributed by atoms with Gasteiger partial charge in [-0.05, 0) is 0 Å².